The van der Waals surface area contributed by atoms with Crippen LogP contribution >= 0.6 is 0 Å². The highest BCUT2D eigenvalue weighted by Crippen LogP contribution is 2.41. The van der Waals surface area contributed by atoms with Crippen molar-refractivity contribution in [2.45, 2.75) is 62.8 Å². The average molecular weight is 568 g/mol. The summed E-state index contributed by atoms with van der Waals surface area (Å²) in [4.78, 5) is 13.7. The molecule has 0 spiro atoms. The molecule has 8 rings (SSSR count). The lowest BCUT2D eigenvalue weighted by Crippen LogP contribution is -2.44. The third-order valence-corrected chi connectivity index (χ3v) is 9.55. The van der Waals surface area contributed by atoms with E-state index in [1.54, 1.807) is 6.07 Å². The Bertz CT molecular complexity index is 1820. The third kappa shape index (κ3) is 3.94. The number of anilines is 1. The van der Waals surface area contributed by atoms with E-state index in [2.05, 4.69) is 42.1 Å². The Balaban J connectivity index is 1.33. The van der Waals surface area contributed by atoms with Crippen LogP contribution in [0, 0.1) is 17.7 Å². The maximum absolute atomic E-state index is 16.7. The number of hydrogen-bond acceptors (Lipinski definition) is 8. The molecule has 2 N–H and O–H groups in total. The molecular weight excluding hydrogens is 536 g/mol. The molecule has 4 atom stereocenters. The number of aromatic nitrogens is 4. The van der Waals surface area contributed by atoms with E-state index < -0.39 is 17.5 Å². The second-order valence-corrected chi connectivity index (χ2v) is 12.1. The summed E-state index contributed by atoms with van der Waals surface area (Å²) >= 11 is 0. The van der Waals surface area contributed by atoms with E-state index in [-0.39, 0.29) is 28.8 Å². The summed E-state index contributed by atoms with van der Waals surface area (Å²) in [6.45, 7) is 4.81. The highest BCUT2D eigenvalue weighted by Gasteiger charge is 2.48. The van der Waals surface area contributed by atoms with Gasteiger partial charge in [0.2, 0.25) is 5.82 Å². The van der Waals surface area contributed by atoms with Gasteiger partial charge in [-0.3, -0.25) is 4.90 Å². The molecular formula is C32H31F2N7O. The van der Waals surface area contributed by atoms with Crippen LogP contribution in [0.15, 0.2) is 30.3 Å². The Morgan fingerprint density at radius 2 is 2.07 bits per heavy atom. The topological polar surface area (TPSA) is 90.3 Å². The predicted octanol–water partition coefficient (Wildman–Crippen LogP) is 4.13. The molecule has 0 aliphatic carbocycles. The number of phenols is 1. The van der Waals surface area contributed by atoms with Crippen molar-refractivity contribution in [3.05, 3.63) is 47.5 Å². The van der Waals surface area contributed by atoms with Crippen LogP contribution < -0.4 is 10.2 Å². The van der Waals surface area contributed by atoms with E-state index in [9.17, 15) is 9.50 Å². The van der Waals surface area contributed by atoms with Gasteiger partial charge < -0.3 is 15.3 Å². The van der Waals surface area contributed by atoms with Gasteiger partial charge in [-0.25, -0.2) is 18.7 Å². The molecule has 0 unspecified atom stereocenters. The van der Waals surface area contributed by atoms with Gasteiger partial charge in [-0.05, 0) is 66.6 Å². The van der Waals surface area contributed by atoms with Gasteiger partial charge >= 0.3 is 0 Å². The molecule has 4 aliphatic heterocycles. The van der Waals surface area contributed by atoms with Crippen LogP contribution in [-0.4, -0.2) is 80.1 Å². The maximum Gasteiger partial charge on any atom is 0.207 e. The Labute approximate surface area is 242 Å². The lowest BCUT2D eigenvalue weighted by Gasteiger charge is -2.29. The zero-order valence-electron chi connectivity index (χ0n) is 23.4. The quantitative estimate of drug-likeness (QED) is 0.358. The molecule has 4 fully saturated rings. The third-order valence-electron chi connectivity index (χ3n) is 9.55. The Kier molecular flexibility index (Phi) is 5.85. The van der Waals surface area contributed by atoms with Gasteiger partial charge in [-0.15, -0.1) is 10.2 Å². The standard InChI is InChI=1S/C32H31F2N7O/c1-2-18-5-3-6-19-11-23(42)13-24(26(18)19)28-27(34)29-30(39-38-28)31(41-17-21-12-22(41)15-35-21)37-25(36-29)7-9-32-8-4-10-40(32)16-20(33)14-32/h3,5-6,11,13,20-22,35,42H,2,4,8,10,12,14-17H2,1H3/t20-,21+,22+,32-/m1/s1. The number of phenolic OH excluding ortho intramolecular Hbond substituents is 1. The van der Waals surface area contributed by atoms with Crippen LogP contribution in [-0.2, 0) is 6.42 Å². The molecule has 2 aromatic carbocycles. The minimum atomic E-state index is -0.902. The fourth-order valence-electron chi connectivity index (χ4n) is 7.63. The predicted molar refractivity (Wildman–Crippen MR) is 157 cm³/mol. The molecule has 10 heteroatoms. The molecule has 2 bridgehead atoms. The van der Waals surface area contributed by atoms with Crippen LogP contribution in [0.5, 0.6) is 5.75 Å². The summed E-state index contributed by atoms with van der Waals surface area (Å²) < 4.78 is 31.1. The number of piperazine rings is 1. The second kappa shape index (κ2) is 9.54. The van der Waals surface area contributed by atoms with E-state index in [4.69, 9.17) is 4.98 Å². The second-order valence-electron chi connectivity index (χ2n) is 12.1. The average Bonchev–Trinajstić information content (AvgIpc) is 3.77. The molecule has 4 aromatic rings. The lowest BCUT2D eigenvalue weighted by atomic mass is 9.94. The number of benzene rings is 2. The zero-order valence-corrected chi connectivity index (χ0v) is 23.4. The van der Waals surface area contributed by atoms with Gasteiger partial charge in [0.15, 0.2) is 17.2 Å². The number of aryl methyl sites for hydroxylation is 1. The SMILES string of the molecule is CCc1cccc2cc(O)cc(-c3nnc4c(N5C[C@@H]6C[C@H]5CN6)nc(C#C[C@@]56CCCN5C[C@H](F)C6)nc4c3F)c12. The monoisotopic (exact) mass is 567 g/mol. The van der Waals surface area contributed by atoms with E-state index in [0.717, 1.165) is 61.7 Å². The van der Waals surface area contributed by atoms with Crippen molar-refractivity contribution in [1.29, 1.82) is 0 Å². The van der Waals surface area contributed by atoms with Crippen LogP contribution in [0.1, 0.15) is 44.0 Å². The van der Waals surface area contributed by atoms with Crippen molar-refractivity contribution in [1.82, 2.24) is 30.4 Å². The number of alkyl halides is 1. The molecule has 4 saturated heterocycles. The smallest absolute Gasteiger partial charge is 0.207 e. The molecule has 0 saturated carbocycles. The summed E-state index contributed by atoms with van der Waals surface area (Å²) in [7, 11) is 0. The normalized spacial score (nSPS) is 26.7. The number of aromatic hydroxyl groups is 1. The fraction of sp³-hybridized carbons (Fsp3) is 0.438. The summed E-state index contributed by atoms with van der Waals surface area (Å²) in [5.74, 6) is 6.58. The van der Waals surface area contributed by atoms with Crippen LogP contribution in [0.2, 0.25) is 0 Å². The zero-order chi connectivity index (χ0) is 28.6. The first-order valence-electron chi connectivity index (χ1n) is 14.8. The van der Waals surface area contributed by atoms with Gasteiger partial charge in [0, 0.05) is 43.7 Å². The summed E-state index contributed by atoms with van der Waals surface area (Å²) in [5, 5.41) is 24.6. The highest BCUT2D eigenvalue weighted by molar-refractivity contribution is 6.01. The minimum Gasteiger partial charge on any atom is -0.508 e. The van der Waals surface area contributed by atoms with E-state index >= 15 is 4.39 Å². The van der Waals surface area contributed by atoms with Crippen LogP contribution in [0.4, 0.5) is 14.6 Å². The van der Waals surface area contributed by atoms with Gasteiger partial charge in [-0.1, -0.05) is 31.0 Å². The number of fused-ring (bicyclic) bond motifs is 5. The number of nitrogens with zero attached hydrogens (tertiary/aromatic N) is 6. The number of rotatable bonds is 3. The Hall–Kier alpha value is -3.94. The molecule has 42 heavy (non-hydrogen) atoms. The van der Waals surface area contributed by atoms with E-state index in [1.165, 1.54) is 6.07 Å². The van der Waals surface area contributed by atoms with Crippen molar-refractivity contribution in [3.8, 4) is 28.8 Å². The van der Waals surface area contributed by atoms with E-state index in [1.807, 2.05) is 25.1 Å². The van der Waals surface area contributed by atoms with Crippen molar-refractivity contribution in [2.75, 3.05) is 31.1 Å². The van der Waals surface area contributed by atoms with Crippen molar-refractivity contribution < 1.29 is 13.9 Å². The van der Waals surface area contributed by atoms with Gasteiger partial charge in [-0.2, -0.15) is 0 Å². The summed E-state index contributed by atoms with van der Waals surface area (Å²) in [6, 6.07) is 9.58. The minimum absolute atomic E-state index is 0.0191. The summed E-state index contributed by atoms with van der Waals surface area (Å²) in [6.07, 6.45) is 2.95. The van der Waals surface area contributed by atoms with Crippen LogP contribution in [0.25, 0.3) is 33.1 Å². The van der Waals surface area contributed by atoms with Crippen molar-refractivity contribution >= 4 is 27.6 Å². The molecule has 0 radical (unpaired) electrons. The Morgan fingerprint density at radius 1 is 1.17 bits per heavy atom. The van der Waals surface area contributed by atoms with Gasteiger partial charge in [0.1, 0.15) is 23.1 Å². The fourth-order valence-corrected chi connectivity index (χ4v) is 7.63. The maximum atomic E-state index is 16.7. The van der Waals surface area contributed by atoms with E-state index in [0.29, 0.717) is 35.9 Å². The number of nitrogens with one attached hydrogen (secondary N) is 1. The van der Waals surface area contributed by atoms with Crippen molar-refractivity contribution in [2.24, 2.45) is 0 Å². The molecule has 8 nitrogen and oxygen atoms in total. The molecule has 214 valence electrons. The first kappa shape index (κ1) is 25.7. The van der Waals surface area contributed by atoms with Crippen LogP contribution in [0.3, 0.4) is 0 Å². The van der Waals surface area contributed by atoms with Gasteiger partial charge in [0.05, 0.1) is 5.54 Å². The summed E-state index contributed by atoms with van der Waals surface area (Å²) in [5.41, 5.74) is 1.32. The van der Waals surface area contributed by atoms with Gasteiger partial charge in [0.25, 0.3) is 0 Å². The molecule has 0 amide bonds. The molecule has 2 aromatic heterocycles. The number of halogens is 2. The van der Waals surface area contributed by atoms with Crippen molar-refractivity contribution in [3.63, 3.8) is 0 Å². The first-order chi connectivity index (χ1) is 20.4. The Morgan fingerprint density at radius 3 is 2.88 bits per heavy atom. The molecule has 4 aliphatic rings. The number of hydrogen-bond donors (Lipinski definition) is 2. The molecule has 6 heterocycles. The lowest BCUT2D eigenvalue weighted by molar-refractivity contribution is 0.255. The largest absolute Gasteiger partial charge is 0.508 e. The first-order valence-corrected chi connectivity index (χ1v) is 14.8. The highest BCUT2D eigenvalue weighted by atomic mass is 19.1.